The molecule has 2 N–H and O–H groups in total. The standard InChI is InChI=1S/C13H18BrClN2.ClH/c1-9-4-11(6-16)8-17(9)7-10-2-3-12(14)13(15)5-10;/h2-3,5,9,11H,4,6-8,16H2,1H3;1H. The highest BCUT2D eigenvalue weighted by Crippen LogP contribution is 2.27. The van der Waals surface area contributed by atoms with Crippen LogP contribution < -0.4 is 5.73 Å². The first kappa shape index (κ1) is 16.3. The third-order valence-electron chi connectivity index (χ3n) is 3.49. The van der Waals surface area contributed by atoms with Gasteiger partial charge in [-0.25, -0.2) is 0 Å². The van der Waals surface area contributed by atoms with E-state index in [1.165, 1.54) is 12.0 Å². The van der Waals surface area contributed by atoms with Gasteiger partial charge < -0.3 is 5.73 Å². The number of benzene rings is 1. The largest absolute Gasteiger partial charge is 0.330 e. The van der Waals surface area contributed by atoms with Gasteiger partial charge in [0.05, 0.1) is 5.02 Å². The number of rotatable bonds is 3. The molecule has 1 aromatic carbocycles. The van der Waals surface area contributed by atoms with Crippen molar-refractivity contribution in [3.8, 4) is 0 Å². The van der Waals surface area contributed by atoms with Crippen LogP contribution in [0.1, 0.15) is 18.9 Å². The van der Waals surface area contributed by atoms with E-state index < -0.39 is 0 Å². The minimum atomic E-state index is 0. The van der Waals surface area contributed by atoms with E-state index in [4.69, 9.17) is 17.3 Å². The van der Waals surface area contributed by atoms with Crippen molar-refractivity contribution < 1.29 is 0 Å². The Balaban J connectivity index is 0.00000162. The maximum absolute atomic E-state index is 6.11. The highest BCUT2D eigenvalue weighted by molar-refractivity contribution is 9.10. The fourth-order valence-electron chi connectivity index (χ4n) is 2.48. The summed E-state index contributed by atoms with van der Waals surface area (Å²) in [5.41, 5.74) is 7.01. The van der Waals surface area contributed by atoms with Crippen LogP contribution in [0.15, 0.2) is 22.7 Å². The zero-order chi connectivity index (χ0) is 12.4. The molecule has 2 nitrogen and oxygen atoms in total. The van der Waals surface area contributed by atoms with Gasteiger partial charge in [0.2, 0.25) is 0 Å². The van der Waals surface area contributed by atoms with Gasteiger partial charge in [0.25, 0.3) is 0 Å². The van der Waals surface area contributed by atoms with E-state index in [2.05, 4.69) is 33.8 Å². The van der Waals surface area contributed by atoms with E-state index in [-0.39, 0.29) is 12.4 Å². The molecule has 0 aromatic heterocycles. The predicted molar refractivity (Wildman–Crippen MR) is 83.4 cm³/mol. The van der Waals surface area contributed by atoms with Gasteiger partial charge >= 0.3 is 0 Å². The van der Waals surface area contributed by atoms with Crippen LogP contribution >= 0.6 is 39.9 Å². The van der Waals surface area contributed by atoms with Crippen LogP contribution in [0.5, 0.6) is 0 Å². The number of nitrogens with zero attached hydrogens (tertiary/aromatic N) is 1. The monoisotopic (exact) mass is 352 g/mol. The summed E-state index contributed by atoms with van der Waals surface area (Å²) in [6, 6.07) is 6.79. The molecule has 0 radical (unpaired) electrons. The van der Waals surface area contributed by atoms with Crippen molar-refractivity contribution in [2.45, 2.75) is 25.9 Å². The average Bonchev–Trinajstić information content (AvgIpc) is 2.65. The second kappa shape index (κ2) is 7.11. The Morgan fingerprint density at radius 3 is 2.78 bits per heavy atom. The van der Waals surface area contributed by atoms with E-state index in [0.29, 0.717) is 12.0 Å². The van der Waals surface area contributed by atoms with Gasteiger partial charge in [-0.05, 0) is 59.4 Å². The molecule has 1 heterocycles. The summed E-state index contributed by atoms with van der Waals surface area (Å²) in [7, 11) is 0. The molecule has 1 saturated heterocycles. The van der Waals surface area contributed by atoms with Gasteiger partial charge in [0.15, 0.2) is 0 Å². The molecule has 0 saturated carbocycles. The summed E-state index contributed by atoms with van der Waals surface area (Å²) >= 11 is 9.52. The molecule has 0 spiro atoms. The average molecular weight is 354 g/mol. The number of likely N-dealkylation sites (tertiary alicyclic amines) is 1. The normalized spacial score (nSPS) is 24.0. The molecule has 1 aromatic rings. The summed E-state index contributed by atoms with van der Waals surface area (Å²) in [5.74, 6) is 0.649. The van der Waals surface area contributed by atoms with E-state index in [9.17, 15) is 0 Å². The predicted octanol–water partition coefficient (Wildman–Crippen LogP) is 3.69. The van der Waals surface area contributed by atoms with Crippen molar-refractivity contribution in [2.75, 3.05) is 13.1 Å². The highest BCUT2D eigenvalue weighted by atomic mass is 79.9. The fraction of sp³-hybridized carbons (Fsp3) is 0.538. The molecular formula is C13H19BrCl2N2. The maximum atomic E-state index is 6.11. The van der Waals surface area contributed by atoms with Crippen LogP contribution in [0.2, 0.25) is 5.02 Å². The van der Waals surface area contributed by atoms with Crippen LogP contribution in [0.4, 0.5) is 0 Å². The van der Waals surface area contributed by atoms with Gasteiger partial charge in [-0.2, -0.15) is 0 Å². The Bertz CT molecular complexity index is 401. The first-order chi connectivity index (χ1) is 8.10. The zero-order valence-corrected chi connectivity index (χ0v) is 13.6. The van der Waals surface area contributed by atoms with Crippen molar-refractivity contribution in [2.24, 2.45) is 11.7 Å². The first-order valence-corrected chi connectivity index (χ1v) is 7.15. The molecule has 102 valence electrons. The molecule has 2 rings (SSSR count). The minimum Gasteiger partial charge on any atom is -0.330 e. The van der Waals surface area contributed by atoms with Crippen molar-refractivity contribution >= 4 is 39.9 Å². The van der Waals surface area contributed by atoms with Gasteiger partial charge in [0.1, 0.15) is 0 Å². The van der Waals surface area contributed by atoms with Gasteiger partial charge in [0, 0.05) is 23.6 Å². The molecule has 0 amide bonds. The second-order valence-corrected chi connectivity index (χ2v) is 6.13. The van der Waals surface area contributed by atoms with Crippen molar-refractivity contribution in [1.29, 1.82) is 0 Å². The number of hydrogen-bond acceptors (Lipinski definition) is 2. The number of hydrogen-bond donors (Lipinski definition) is 1. The van der Waals surface area contributed by atoms with Crippen LogP contribution in [0, 0.1) is 5.92 Å². The number of nitrogens with two attached hydrogens (primary N) is 1. The van der Waals surface area contributed by atoms with E-state index >= 15 is 0 Å². The minimum absolute atomic E-state index is 0. The Labute approximate surface area is 128 Å². The Kier molecular flexibility index (Phi) is 6.42. The van der Waals surface area contributed by atoms with Gasteiger partial charge in [-0.15, -0.1) is 12.4 Å². The van der Waals surface area contributed by atoms with Crippen LogP contribution in [-0.4, -0.2) is 24.0 Å². The van der Waals surface area contributed by atoms with Gasteiger partial charge in [-0.1, -0.05) is 17.7 Å². The quantitative estimate of drug-likeness (QED) is 0.897. The molecule has 0 bridgehead atoms. The molecule has 1 aliphatic heterocycles. The Morgan fingerprint density at radius 2 is 2.22 bits per heavy atom. The molecular weight excluding hydrogens is 335 g/mol. The molecule has 2 atom stereocenters. The molecule has 5 heteroatoms. The van der Waals surface area contributed by atoms with Crippen LogP contribution in [0.25, 0.3) is 0 Å². The lowest BCUT2D eigenvalue weighted by atomic mass is 10.1. The van der Waals surface area contributed by atoms with E-state index in [1.807, 2.05) is 12.1 Å². The summed E-state index contributed by atoms with van der Waals surface area (Å²) < 4.78 is 0.956. The smallest absolute Gasteiger partial charge is 0.0551 e. The lowest BCUT2D eigenvalue weighted by Crippen LogP contribution is -2.27. The maximum Gasteiger partial charge on any atom is 0.0551 e. The Morgan fingerprint density at radius 1 is 1.50 bits per heavy atom. The summed E-state index contributed by atoms with van der Waals surface area (Å²) in [6.45, 7) is 5.13. The summed E-state index contributed by atoms with van der Waals surface area (Å²) in [5, 5.41) is 0.782. The SMILES string of the molecule is CC1CC(CN)CN1Cc1ccc(Br)c(Cl)c1.Cl. The van der Waals surface area contributed by atoms with Crippen molar-refractivity contribution in [1.82, 2.24) is 4.90 Å². The van der Waals surface area contributed by atoms with Crippen molar-refractivity contribution in [3.63, 3.8) is 0 Å². The second-order valence-electron chi connectivity index (χ2n) is 4.86. The van der Waals surface area contributed by atoms with Crippen molar-refractivity contribution in [3.05, 3.63) is 33.3 Å². The lowest BCUT2D eigenvalue weighted by molar-refractivity contribution is 0.256. The summed E-state index contributed by atoms with van der Waals surface area (Å²) in [4.78, 5) is 2.48. The fourth-order valence-corrected chi connectivity index (χ4v) is 2.93. The zero-order valence-electron chi connectivity index (χ0n) is 10.4. The Hall–Kier alpha value is 0.200. The van der Waals surface area contributed by atoms with Crippen LogP contribution in [0.3, 0.4) is 0 Å². The number of halogens is 3. The molecule has 1 fully saturated rings. The van der Waals surface area contributed by atoms with Gasteiger partial charge in [-0.3, -0.25) is 4.90 Å². The lowest BCUT2D eigenvalue weighted by Gasteiger charge is -2.21. The van der Waals surface area contributed by atoms with E-state index in [1.54, 1.807) is 0 Å². The third kappa shape index (κ3) is 3.84. The molecule has 1 aliphatic rings. The first-order valence-electron chi connectivity index (χ1n) is 5.98. The highest BCUT2D eigenvalue weighted by Gasteiger charge is 2.27. The molecule has 0 aliphatic carbocycles. The van der Waals surface area contributed by atoms with E-state index in [0.717, 1.165) is 29.1 Å². The topological polar surface area (TPSA) is 29.3 Å². The van der Waals surface area contributed by atoms with Crippen LogP contribution in [-0.2, 0) is 6.54 Å². The molecule has 2 unspecified atom stereocenters. The third-order valence-corrected chi connectivity index (χ3v) is 4.73. The summed E-state index contributed by atoms with van der Waals surface area (Å²) in [6.07, 6.45) is 1.21. The molecule has 18 heavy (non-hydrogen) atoms.